The van der Waals surface area contributed by atoms with Crippen LogP contribution in [0.1, 0.15) is 22.3 Å². The van der Waals surface area contributed by atoms with E-state index < -0.39 is 5.97 Å². The molecule has 2 rings (SSSR count). The monoisotopic (exact) mass is 320 g/mol. The molecule has 1 N–H and O–H groups in total. The molecule has 0 bridgehead atoms. The fraction of sp³-hybridized carbons (Fsp3) is 0.118. The minimum Gasteiger partial charge on any atom is -0.478 e. The SMILES string of the molecule is Cc1ccc(C)c(/C(=C/c2ccc(Cl)c(Cl)c2)C(=O)O)c1. The average Bonchev–Trinajstić information content (AvgIpc) is 2.42. The summed E-state index contributed by atoms with van der Waals surface area (Å²) in [4.78, 5) is 11.6. The highest BCUT2D eigenvalue weighted by molar-refractivity contribution is 6.42. The lowest BCUT2D eigenvalue weighted by Crippen LogP contribution is -2.02. The summed E-state index contributed by atoms with van der Waals surface area (Å²) in [6.07, 6.45) is 1.60. The minimum atomic E-state index is -0.977. The third-order valence-corrected chi connectivity index (χ3v) is 3.91. The summed E-state index contributed by atoms with van der Waals surface area (Å²) in [6, 6.07) is 10.8. The summed E-state index contributed by atoms with van der Waals surface area (Å²) in [5.74, 6) is -0.977. The molecule has 2 nitrogen and oxygen atoms in total. The first-order valence-electron chi connectivity index (χ1n) is 6.36. The van der Waals surface area contributed by atoms with Gasteiger partial charge in [-0.25, -0.2) is 4.79 Å². The molecule has 0 saturated heterocycles. The number of aliphatic carboxylic acids is 1. The van der Waals surface area contributed by atoms with Gasteiger partial charge in [0, 0.05) is 0 Å². The van der Waals surface area contributed by atoms with E-state index in [-0.39, 0.29) is 5.57 Å². The fourth-order valence-electron chi connectivity index (χ4n) is 2.05. The van der Waals surface area contributed by atoms with E-state index >= 15 is 0 Å². The van der Waals surface area contributed by atoms with Crippen LogP contribution in [0, 0.1) is 13.8 Å². The third-order valence-electron chi connectivity index (χ3n) is 3.17. The lowest BCUT2D eigenvalue weighted by Gasteiger charge is -2.09. The Bertz CT molecular complexity index is 734. The van der Waals surface area contributed by atoms with Gasteiger partial charge in [-0.15, -0.1) is 0 Å². The van der Waals surface area contributed by atoms with Gasteiger partial charge >= 0.3 is 5.97 Å². The van der Waals surface area contributed by atoms with Crippen molar-refractivity contribution < 1.29 is 9.90 Å². The second kappa shape index (κ2) is 6.33. The van der Waals surface area contributed by atoms with Gasteiger partial charge in [0.2, 0.25) is 0 Å². The molecule has 0 atom stereocenters. The van der Waals surface area contributed by atoms with E-state index in [4.69, 9.17) is 23.2 Å². The van der Waals surface area contributed by atoms with Crippen molar-refractivity contribution in [2.45, 2.75) is 13.8 Å². The molecule has 0 saturated carbocycles. The van der Waals surface area contributed by atoms with Crippen LogP contribution in [-0.2, 0) is 4.79 Å². The number of carboxylic acids is 1. The summed E-state index contributed by atoms with van der Waals surface area (Å²) in [5, 5.41) is 10.3. The molecule has 2 aromatic carbocycles. The molecule has 0 aromatic heterocycles. The van der Waals surface area contributed by atoms with Gasteiger partial charge in [0.05, 0.1) is 15.6 Å². The molecule has 21 heavy (non-hydrogen) atoms. The number of hydrogen-bond acceptors (Lipinski definition) is 1. The molecule has 0 spiro atoms. The van der Waals surface area contributed by atoms with Crippen molar-refractivity contribution in [3.05, 3.63) is 68.7 Å². The molecule has 0 heterocycles. The van der Waals surface area contributed by atoms with Gasteiger partial charge in [-0.05, 0) is 48.7 Å². The van der Waals surface area contributed by atoms with E-state index in [1.54, 1.807) is 24.3 Å². The normalized spacial score (nSPS) is 11.5. The molecule has 4 heteroatoms. The second-order valence-electron chi connectivity index (χ2n) is 4.86. The molecule has 0 aliphatic rings. The molecule has 108 valence electrons. The van der Waals surface area contributed by atoms with Gasteiger partial charge in [-0.3, -0.25) is 0 Å². The lowest BCUT2D eigenvalue weighted by molar-refractivity contribution is -0.130. The second-order valence-corrected chi connectivity index (χ2v) is 5.67. The molecular weight excluding hydrogens is 307 g/mol. The number of rotatable bonds is 3. The fourth-order valence-corrected chi connectivity index (χ4v) is 2.36. The number of hydrogen-bond donors (Lipinski definition) is 1. The van der Waals surface area contributed by atoms with Gasteiger partial charge in [-0.2, -0.15) is 0 Å². The quantitative estimate of drug-likeness (QED) is 0.620. The molecule has 2 aromatic rings. The van der Waals surface area contributed by atoms with Gasteiger partial charge in [0.1, 0.15) is 0 Å². The maximum absolute atomic E-state index is 11.6. The molecule has 0 fully saturated rings. The first-order chi connectivity index (χ1) is 9.88. The van der Waals surface area contributed by atoms with Gasteiger partial charge < -0.3 is 5.11 Å². The Hall–Kier alpha value is -1.77. The first kappa shape index (κ1) is 15.6. The average molecular weight is 321 g/mol. The number of halogens is 2. The smallest absolute Gasteiger partial charge is 0.336 e. The summed E-state index contributed by atoms with van der Waals surface area (Å²) in [7, 11) is 0. The van der Waals surface area contributed by atoms with Crippen LogP contribution in [0.25, 0.3) is 11.6 Å². The van der Waals surface area contributed by atoms with Gasteiger partial charge in [0.25, 0.3) is 0 Å². The molecule has 0 amide bonds. The topological polar surface area (TPSA) is 37.3 Å². The third kappa shape index (κ3) is 3.66. The van der Waals surface area contributed by atoms with E-state index in [0.717, 1.165) is 11.1 Å². The van der Waals surface area contributed by atoms with Crippen molar-refractivity contribution >= 4 is 40.8 Å². The highest BCUT2D eigenvalue weighted by Crippen LogP contribution is 2.27. The highest BCUT2D eigenvalue weighted by atomic mass is 35.5. The Balaban J connectivity index is 2.57. The lowest BCUT2D eigenvalue weighted by atomic mass is 9.96. The van der Waals surface area contributed by atoms with Crippen LogP contribution in [0.4, 0.5) is 0 Å². The minimum absolute atomic E-state index is 0.231. The zero-order valence-corrected chi connectivity index (χ0v) is 13.2. The van der Waals surface area contributed by atoms with Crippen molar-refractivity contribution in [2.75, 3.05) is 0 Å². The van der Waals surface area contributed by atoms with E-state index in [9.17, 15) is 9.90 Å². The Labute approximate surface area is 133 Å². The Morgan fingerprint density at radius 1 is 1.05 bits per heavy atom. The zero-order valence-electron chi connectivity index (χ0n) is 11.7. The summed E-state index contributed by atoms with van der Waals surface area (Å²) in [5.41, 5.74) is 3.55. The van der Waals surface area contributed by atoms with Crippen molar-refractivity contribution in [3.63, 3.8) is 0 Å². The zero-order chi connectivity index (χ0) is 15.6. The molecule has 0 radical (unpaired) electrons. The number of benzene rings is 2. The molecule has 0 aliphatic carbocycles. The predicted molar refractivity (Wildman–Crippen MR) is 87.9 cm³/mol. The van der Waals surface area contributed by atoms with Crippen LogP contribution in [-0.4, -0.2) is 11.1 Å². The summed E-state index contributed by atoms with van der Waals surface area (Å²) in [6.45, 7) is 3.82. The maximum atomic E-state index is 11.6. The first-order valence-corrected chi connectivity index (χ1v) is 7.12. The van der Waals surface area contributed by atoms with E-state index in [1.807, 2.05) is 32.0 Å². The van der Waals surface area contributed by atoms with E-state index in [0.29, 0.717) is 21.2 Å². The van der Waals surface area contributed by atoms with Crippen LogP contribution in [0.5, 0.6) is 0 Å². The Morgan fingerprint density at radius 3 is 2.38 bits per heavy atom. The highest BCUT2D eigenvalue weighted by Gasteiger charge is 2.13. The van der Waals surface area contributed by atoms with Gasteiger partial charge in [0.15, 0.2) is 0 Å². The summed E-state index contributed by atoms with van der Waals surface area (Å²) >= 11 is 11.8. The van der Waals surface area contributed by atoms with Crippen molar-refractivity contribution in [1.82, 2.24) is 0 Å². The maximum Gasteiger partial charge on any atom is 0.336 e. The number of aryl methyl sites for hydroxylation is 2. The predicted octanol–water partition coefficient (Wildman–Crippen LogP) is 5.24. The molecular formula is C17H14Cl2O2. The standard InChI is InChI=1S/C17H14Cl2O2/c1-10-3-4-11(2)13(7-10)14(17(20)21)8-12-5-6-15(18)16(19)9-12/h3-9H,1-2H3,(H,20,21)/b14-8-. The van der Waals surface area contributed by atoms with E-state index in [2.05, 4.69) is 0 Å². The van der Waals surface area contributed by atoms with Crippen molar-refractivity contribution in [1.29, 1.82) is 0 Å². The van der Waals surface area contributed by atoms with Crippen molar-refractivity contribution in [2.24, 2.45) is 0 Å². The Morgan fingerprint density at radius 2 is 1.76 bits per heavy atom. The summed E-state index contributed by atoms with van der Waals surface area (Å²) < 4.78 is 0. The largest absolute Gasteiger partial charge is 0.478 e. The van der Waals surface area contributed by atoms with Gasteiger partial charge in [-0.1, -0.05) is 53.0 Å². The van der Waals surface area contributed by atoms with E-state index in [1.165, 1.54) is 0 Å². The van der Waals surface area contributed by atoms with Crippen molar-refractivity contribution in [3.8, 4) is 0 Å². The molecule has 0 aliphatic heterocycles. The number of carbonyl (C=O) groups is 1. The molecule has 0 unspecified atom stereocenters. The van der Waals surface area contributed by atoms with Crippen LogP contribution >= 0.6 is 23.2 Å². The van der Waals surface area contributed by atoms with Crippen LogP contribution in [0.2, 0.25) is 10.0 Å². The number of carboxylic acid groups (broad SMARTS) is 1. The van der Waals surface area contributed by atoms with Crippen LogP contribution < -0.4 is 0 Å². The van der Waals surface area contributed by atoms with Crippen LogP contribution in [0.15, 0.2) is 36.4 Å². The van der Waals surface area contributed by atoms with Crippen LogP contribution in [0.3, 0.4) is 0 Å². The Kier molecular flexibility index (Phi) is 4.71.